The number of carboxylic acid groups (broad SMARTS) is 1. The number of nitrogens with one attached hydrogen (secondary N) is 2. The first kappa shape index (κ1) is 23.9. The zero-order valence-electron chi connectivity index (χ0n) is 18.7. The molecule has 1 aliphatic carbocycles. The van der Waals surface area contributed by atoms with Crippen molar-refractivity contribution in [3.63, 3.8) is 0 Å². The van der Waals surface area contributed by atoms with Gasteiger partial charge in [0.25, 0.3) is 5.91 Å². The lowest BCUT2D eigenvalue weighted by molar-refractivity contribution is -0.141. The Kier molecular flexibility index (Phi) is 6.79. The molecule has 2 atom stereocenters. The predicted octanol–water partition coefficient (Wildman–Crippen LogP) is 3.75. The average molecular weight is 478 g/mol. The fourth-order valence-corrected chi connectivity index (χ4v) is 4.12. The van der Waals surface area contributed by atoms with Gasteiger partial charge in [-0.3, -0.25) is 10.1 Å². The van der Waals surface area contributed by atoms with Gasteiger partial charge < -0.3 is 20.3 Å². The molecule has 35 heavy (non-hydrogen) atoms. The van der Waals surface area contributed by atoms with E-state index in [-0.39, 0.29) is 23.8 Å². The topological polar surface area (TPSA) is 125 Å². The molecule has 0 aromatic heterocycles. The van der Waals surface area contributed by atoms with Gasteiger partial charge in [-0.15, -0.1) is 0 Å². The molecule has 8 nitrogen and oxygen atoms in total. The summed E-state index contributed by atoms with van der Waals surface area (Å²) in [6, 6.07) is 17.4. The van der Waals surface area contributed by atoms with E-state index in [1.54, 1.807) is 0 Å². The lowest BCUT2D eigenvalue weighted by atomic mass is 9.98. The number of aliphatic carboxylic acids is 1. The molecule has 180 valence electrons. The number of carbonyl (C=O) groups excluding carboxylic acids is 2. The summed E-state index contributed by atoms with van der Waals surface area (Å²) in [6.07, 6.45) is -2.21. The van der Waals surface area contributed by atoms with Crippen molar-refractivity contribution in [1.29, 1.82) is 0 Å². The van der Waals surface area contributed by atoms with Crippen LogP contribution in [0, 0.1) is 5.82 Å². The smallest absolute Gasteiger partial charge is 0.411 e. The zero-order chi connectivity index (χ0) is 25.1. The Morgan fingerprint density at radius 1 is 1.00 bits per heavy atom. The van der Waals surface area contributed by atoms with Crippen molar-refractivity contribution in [1.82, 2.24) is 5.32 Å². The number of hydrogen-bond donors (Lipinski definition) is 4. The second-order valence-electron chi connectivity index (χ2n) is 8.18. The van der Waals surface area contributed by atoms with Crippen molar-refractivity contribution in [3.8, 4) is 11.1 Å². The van der Waals surface area contributed by atoms with Gasteiger partial charge in [0.05, 0.1) is 11.8 Å². The number of amides is 2. The number of carboxylic acids is 1. The molecule has 3 aromatic carbocycles. The molecule has 4 N–H and O–H groups in total. The number of carbonyl (C=O) groups is 3. The summed E-state index contributed by atoms with van der Waals surface area (Å²) < 4.78 is 19.9. The average Bonchev–Trinajstić information content (AvgIpc) is 3.15. The van der Waals surface area contributed by atoms with Crippen molar-refractivity contribution in [2.45, 2.75) is 25.0 Å². The first-order valence-electron chi connectivity index (χ1n) is 10.9. The third kappa shape index (κ3) is 4.99. The number of fused-ring (bicyclic) bond motifs is 3. The fourth-order valence-electron chi connectivity index (χ4n) is 4.12. The second kappa shape index (κ2) is 9.94. The van der Waals surface area contributed by atoms with Crippen LogP contribution in [0.15, 0.2) is 66.7 Å². The van der Waals surface area contributed by atoms with Crippen LogP contribution in [-0.2, 0) is 9.53 Å². The molecule has 3 aromatic rings. The molecule has 2 amide bonds. The van der Waals surface area contributed by atoms with Crippen LogP contribution >= 0.6 is 0 Å². The number of aliphatic hydroxyl groups excluding tert-OH is 1. The summed E-state index contributed by atoms with van der Waals surface area (Å²) in [5, 5.41) is 23.0. The van der Waals surface area contributed by atoms with Crippen molar-refractivity contribution < 1.29 is 33.7 Å². The van der Waals surface area contributed by atoms with Crippen LogP contribution in [0.2, 0.25) is 0 Å². The Bertz CT molecular complexity index is 1250. The van der Waals surface area contributed by atoms with E-state index in [1.165, 1.54) is 19.1 Å². The van der Waals surface area contributed by atoms with Gasteiger partial charge in [0, 0.05) is 11.5 Å². The number of halogens is 1. The lowest BCUT2D eigenvalue weighted by Crippen LogP contribution is -2.47. The van der Waals surface area contributed by atoms with E-state index >= 15 is 0 Å². The molecule has 9 heteroatoms. The lowest BCUT2D eigenvalue weighted by Gasteiger charge is -2.17. The summed E-state index contributed by atoms with van der Waals surface area (Å²) in [7, 11) is 0. The van der Waals surface area contributed by atoms with Crippen LogP contribution in [0.5, 0.6) is 0 Å². The Morgan fingerprint density at radius 3 is 2.14 bits per heavy atom. The van der Waals surface area contributed by atoms with Crippen LogP contribution in [0.3, 0.4) is 0 Å². The zero-order valence-corrected chi connectivity index (χ0v) is 18.7. The highest BCUT2D eigenvalue weighted by molar-refractivity contribution is 5.97. The summed E-state index contributed by atoms with van der Waals surface area (Å²) in [5.74, 6) is -3.37. The van der Waals surface area contributed by atoms with E-state index in [1.807, 2.05) is 48.5 Å². The number of aliphatic hydroxyl groups is 1. The third-order valence-electron chi connectivity index (χ3n) is 5.85. The van der Waals surface area contributed by atoms with Crippen molar-refractivity contribution in [2.24, 2.45) is 0 Å². The van der Waals surface area contributed by atoms with Crippen LogP contribution in [0.4, 0.5) is 14.9 Å². The van der Waals surface area contributed by atoms with Crippen molar-refractivity contribution in [3.05, 3.63) is 89.2 Å². The SMILES string of the molecule is CC(O)C(NC(=O)c1ccc(NC(=O)OCC2c3ccccc3-c3ccccc32)c(F)c1)C(=O)O. The Morgan fingerprint density at radius 2 is 1.60 bits per heavy atom. The third-order valence-corrected chi connectivity index (χ3v) is 5.85. The summed E-state index contributed by atoms with van der Waals surface area (Å²) in [4.78, 5) is 35.8. The van der Waals surface area contributed by atoms with Gasteiger partial charge in [-0.05, 0) is 47.4 Å². The van der Waals surface area contributed by atoms with Gasteiger partial charge in [0.15, 0.2) is 6.04 Å². The molecule has 0 saturated heterocycles. The van der Waals surface area contributed by atoms with Gasteiger partial charge >= 0.3 is 12.1 Å². The number of hydrogen-bond acceptors (Lipinski definition) is 5. The molecule has 2 unspecified atom stereocenters. The largest absolute Gasteiger partial charge is 0.480 e. The van der Waals surface area contributed by atoms with E-state index in [0.29, 0.717) is 0 Å². The maximum atomic E-state index is 14.5. The summed E-state index contributed by atoms with van der Waals surface area (Å²) >= 11 is 0. The van der Waals surface area contributed by atoms with Gasteiger partial charge in [0.1, 0.15) is 12.4 Å². The molecule has 0 saturated carbocycles. The molecule has 0 spiro atoms. The first-order chi connectivity index (χ1) is 16.8. The van der Waals surface area contributed by atoms with E-state index in [4.69, 9.17) is 9.84 Å². The van der Waals surface area contributed by atoms with Gasteiger partial charge in [-0.25, -0.2) is 14.0 Å². The number of benzene rings is 3. The maximum Gasteiger partial charge on any atom is 0.411 e. The number of rotatable bonds is 7. The van der Waals surface area contributed by atoms with E-state index < -0.39 is 35.9 Å². The maximum absolute atomic E-state index is 14.5. The number of anilines is 1. The van der Waals surface area contributed by atoms with E-state index in [9.17, 15) is 23.9 Å². The molecule has 0 bridgehead atoms. The Labute approximate surface area is 200 Å². The molecule has 0 fully saturated rings. The van der Waals surface area contributed by atoms with Crippen molar-refractivity contribution >= 4 is 23.7 Å². The first-order valence-corrected chi connectivity index (χ1v) is 10.9. The molecule has 4 rings (SSSR count). The molecule has 0 aliphatic heterocycles. The van der Waals surface area contributed by atoms with Crippen LogP contribution < -0.4 is 10.6 Å². The minimum Gasteiger partial charge on any atom is -0.480 e. The standard InChI is InChI=1S/C26H23FN2O6/c1-14(30)23(25(32)33)29-24(31)15-10-11-22(21(27)12-15)28-26(34)35-13-20-18-8-4-2-6-16(18)17-7-3-5-9-19(17)20/h2-12,14,20,23,30H,13H2,1H3,(H,28,34)(H,29,31)(H,32,33). The normalized spacial score (nSPS) is 13.8. The highest BCUT2D eigenvalue weighted by Crippen LogP contribution is 2.44. The van der Waals surface area contributed by atoms with Gasteiger partial charge in [-0.2, -0.15) is 0 Å². The quantitative estimate of drug-likeness (QED) is 0.410. The van der Waals surface area contributed by atoms with Crippen LogP contribution in [-0.4, -0.2) is 46.9 Å². The Balaban J connectivity index is 1.40. The molecule has 0 radical (unpaired) electrons. The second-order valence-corrected chi connectivity index (χ2v) is 8.18. The minimum absolute atomic E-state index is 0.0535. The van der Waals surface area contributed by atoms with E-state index in [0.717, 1.165) is 28.3 Å². The molecular weight excluding hydrogens is 455 g/mol. The van der Waals surface area contributed by atoms with Crippen LogP contribution in [0.1, 0.15) is 34.3 Å². The van der Waals surface area contributed by atoms with Crippen molar-refractivity contribution in [2.75, 3.05) is 11.9 Å². The highest BCUT2D eigenvalue weighted by Gasteiger charge is 2.29. The van der Waals surface area contributed by atoms with Crippen LogP contribution in [0.25, 0.3) is 11.1 Å². The van der Waals surface area contributed by atoms with Gasteiger partial charge in [-0.1, -0.05) is 48.5 Å². The Hall–Kier alpha value is -4.24. The molecule has 0 heterocycles. The van der Waals surface area contributed by atoms with Gasteiger partial charge in [0.2, 0.25) is 0 Å². The minimum atomic E-state index is -1.55. The molecular formula is C26H23FN2O6. The van der Waals surface area contributed by atoms with E-state index in [2.05, 4.69) is 10.6 Å². The summed E-state index contributed by atoms with van der Waals surface area (Å²) in [5.41, 5.74) is 3.87. The fraction of sp³-hybridized carbons (Fsp3) is 0.192. The molecule has 1 aliphatic rings. The monoisotopic (exact) mass is 478 g/mol. The highest BCUT2D eigenvalue weighted by atomic mass is 19.1. The number of ether oxygens (including phenoxy) is 1. The predicted molar refractivity (Wildman–Crippen MR) is 126 cm³/mol. The summed E-state index contributed by atoms with van der Waals surface area (Å²) in [6.45, 7) is 1.26.